The predicted octanol–water partition coefficient (Wildman–Crippen LogP) is 1.31. The van der Waals surface area contributed by atoms with Crippen molar-refractivity contribution in [2.75, 3.05) is 0 Å². The van der Waals surface area contributed by atoms with Crippen LogP contribution in [0.5, 0.6) is 11.8 Å². The highest BCUT2D eigenvalue weighted by molar-refractivity contribution is 5.33. The predicted molar refractivity (Wildman–Crippen MR) is 55.2 cm³/mol. The van der Waals surface area contributed by atoms with Crippen molar-refractivity contribution in [2.45, 2.75) is 20.5 Å². The topological polar surface area (TPSA) is 73.3 Å². The minimum absolute atomic E-state index is 0.114. The van der Waals surface area contributed by atoms with E-state index in [9.17, 15) is 0 Å². The first kappa shape index (κ1) is 10.7. The summed E-state index contributed by atoms with van der Waals surface area (Å²) in [6, 6.07) is 0. The van der Waals surface area contributed by atoms with E-state index in [-0.39, 0.29) is 12.7 Å². The fourth-order valence-electron chi connectivity index (χ4n) is 1.40. The second-order valence-electron chi connectivity index (χ2n) is 3.49. The van der Waals surface area contributed by atoms with Gasteiger partial charge in [-0.1, -0.05) is 0 Å². The second kappa shape index (κ2) is 3.97. The highest BCUT2D eigenvalue weighted by Gasteiger charge is 2.14. The van der Waals surface area contributed by atoms with Crippen molar-refractivity contribution in [3.63, 3.8) is 0 Å². The van der Waals surface area contributed by atoms with Crippen LogP contribution in [0, 0.1) is 13.8 Å². The summed E-state index contributed by atoms with van der Waals surface area (Å²) in [6.07, 6.45) is 1.47. The Morgan fingerprint density at radius 1 is 1.50 bits per heavy atom. The maximum Gasteiger partial charge on any atom is 0.399 e. The highest BCUT2D eigenvalue weighted by Crippen LogP contribution is 2.27. The molecule has 1 N–H and O–H groups in total. The Hall–Kier alpha value is -1.82. The molecule has 0 saturated carbocycles. The van der Waals surface area contributed by atoms with E-state index < -0.39 is 0 Å². The van der Waals surface area contributed by atoms with Crippen LogP contribution in [0.1, 0.15) is 17.1 Å². The molecule has 0 spiro atoms. The standard InChI is InChI=1S/C10H13N3O3/c1-6-9(7(2)13(3)12-6)16-10-11-8(4-14)5-15-10/h5,14H,4H2,1-3H3. The van der Waals surface area contributed by atoms with Crippen molar-refractivity contribution in [1.82, 2.24) is 14.8 Å². The third kappa shape index (κ3) is 1.79. The van der Waals surface area contributed by atoms with Gasteiger partial charge in [-0.15, -0.1) is 0 Å². The van der Waals surface area contributed by atoms with E-state index in [1.165, 1.54) is 6.26 Å². The zero-order valence-electron chi connectivity index (χ0n) is 9.39. The number of ether oxygens (including phenoxy) is 1. The molecule has 6 nitrogen and oxygen atoms in total. The van der Waals surface area contributed by atoms with Crippen LogP contribution < -0.4 is 4.74 Å². The number of rotatable bonds is 3. The molecule has 0 aromatic carbocycles. The molecule has 0 saturated heterocycles. The lowest BCUT2D eigenvalue weighted by Crippen LogP contribution is -1.93. The smallest absolute Gasteiger partial charge is 0.399 e. The fourth-order valence-corrected chi connectivity index (χ4v) is 1.40. The number of nitrogens with zero attached hydrogens (tertiary/aromatic N) is 3. The monoisotopic (exact) mass is 223 g/mol. The van der Waals surface area contributed by atoms with Crippen molar-refractivity contribution in [1.29, 1.82) is 0 Å². The number of hydrogen-bond donors (Lipinski definition) is 1. The Labute approximate surface area is 92.5 Å². The zero-order chi connectivity index (χ0) is 11.7. The molecule has 0 bridgehead atoms. The molecular weight excluding hydrogens is 210 g/mol. The van der Waals surface area contributed by atoms with Gasteiger partial charge in [0.25, 0.3) is 0 Å². The summed E-state index contributed by atoms with van der Waals surface area (Å²) >= 11 is 0. The summed E-state index contributed by atoms with van der Waals surface area (Å²) in [5.41, 5.74) is 2.10. The molecule has 0 unspecified atom stereocenters. The zero-order valence-corrected chi connectivity index (χ0v) is 9.39. The van der Waals surface area contributed by atoms with Crippen LogP contribution in [0.3, 0.4) is 0 Å². The first-order valence-electron chi connectivity index (χ1n) is 4.85. The number of aliphatic hydroxyl groups excluding tert-OH is 1. The van der Waals surface area contributed by atoms with Crippen LogP contribution in [0.15, 0.2) is 10.7 Å². The van der Waals surface area contributed by atoms with Crippen molar-refractivity contribution in [3.8, 4) is 11.8 Å². The van der Waals surface area contributed by atoms with Crippen LogP contribution in [-0.4, -0.2) is 19.9 Å². The number of hydrogen-bond acceptors (Lipinski definition) is 5. The second-order valence-corrected chi connectivity index (χ2v) is 3.49. The molecule has 86 valence electrons. The maximum atomic E-state index is 8.84. The van der Waals surface area contributed by atoms with E-state index in [1.807, 2.05) is 20.9 Å². The molecule has 0 aliphatic carbocycles. The number of oxazole rings is 1. The summed E-state index contributed by atoms with van der Waals surface area (Å²) < 4.78 is 12.2. The lowest BCUT2D eigenvalue weighted by atomic mass is 10.3. The van der Waals surface area contributed by atoms with E-state index in [0.717, 1.165) is 11.4 Å². The lowest BCUT2D eigenvalue weighted by Gasteiger charge is -2.00. The van der Waals surface area contributed by atoms with Gasteiger partial charge in [-0.25, -0.2) is 0 Å². The van der Waals surface area contributed by atoms with Crippen molar-refractivity contribution >= 4 is 0 Å². The summed E-state index contributed by atoms with van der Waals surface area (Å²) in [5.74, 6) is 0.633. The third-order valence-corrected chi connectivity index (χ3v) is 2.32. The van der Waals surface area contributed by atoms with Crippen LogP contribution >= 0.6 is 0 Å². The molecule has 0 atom stereocenters. The van der Waals surface area contributed by atoms with E-state index >= 15 is 0 Å². The Bertz CT molecular complexity index is 501. The van der Waals surface area contributed by atoms with Gasteiger partial charge in [-0.3, -0.25) is 4.68 Å². The minimum atomic E-state index is -0.169. The maximum absolute atomic E-state index is 8.84. The van der Waals surface area contributed by atoms with Gasteiger partial charge >= 0.3 is 6.08 Å². The average Bonchev–Trinajstić information content (AvgIpc) is 2.80. The molecule has 2 aromatic rings. The highest BCUT2D eigenvalue weighted by atomic mass is 16.6. The van der Waals surface area contributed by atoms with Gasteiger partial charge in [0.1, 0.15) is 17.7 Å². The SMILES string of the molecule is Cc1nn(C)c(C)c1Oc1nc(CO)co1. The van der Waals surface area contributed by atoms with Gasteiger partial charge in [0.15, 0.2) is 5.75 Å². The number of aliphatic hydroxyl groups is 1. The van der Waals surface area contributed by atoms with Gasteiger partial charge in [0.05, 0.1) is 12.3 Å². The first-order chi connectivity index (χ1) is 7.61. The van der Waals surface area contributed by atoms with Crippen LogP contribution in [0.25, 0.3) is 0 Å². The van der Waals surface area contributed by atoms with Crippen LogP contribution in [0.2, 0.25) is 0 Å². The average molecular weight is 223 g/mol. The Morgan fingerprint density at radius 3 is 2.75 bits per heavy atom. The molecule has 0 fully saturated rings. The molecule has 2 heterocycles. The molecule has 0 aliphatic heterocycles. The van der Waals surface area contributed by atoms with Crippen molar-refractivity contribution in [2.24, 2.45) is 7.05 Å². The molecule has 0 amide bonds. The van der Waals surface area contributed by atoms with E-state index in [2.05, 4.69) is 10.1 Å². The normalized spacial score (nSPS) is 10.8. The molecule has 2 aromatic heterocycles. The Morgan fingerprint density at radius 2 is 2.25 bits per heavy atom. The van der Waals surface area contributed by atoms with E-state index in [1.54, 1.807) is 4.68 Å². The summed E-state index contributed by atoms with van der Waals surface area (Å²) in [4.78, 5) is 3.94. The third-order valence-electron chi connectivity index (χ3n) is 2.32. The number of aryl methyl sites for hydroxylation is 2. The molecule has 6 heteroatoms. The molecule has 16 heavy (non-hydrogen) atoms. The van der Waals surface area contributed by atoms with Gasteiger partial charge in [0.2, 0.25) is 0 Å². The first-order valence-corrected chi connectivity index (χ1v) is 4.85. The van der Waals surface area contributed by atoms with Gasteiger partial charge < -0.3 is 14.3 Å². The van der Waals surface area contributed by atoms with E-state index in [4.69, 9.17) is 14.3 Å². The molecular formula is C10H13N3O3. The van der Waals surface area contributed by atoms with Crippen molar-refractivity contribution in [3.05, 3.63) is 23.3 Å². The Balaban J connectivity index is 2.26. The largest absolute Gasteiger partial charge is 0.417 e. The van der Waals surface area contributed by atoms with Crippen LogP contribution in [0.4, 0.5) is 0 Å². The molecule has 0 radical (unpaired) electrons. The number of aromatic nitrogens is 3. The van der Waals surface area contributed by atoms with E-state index in [0.29, 0.717) is 11.4 Å². The minimum Gasteiger partial charge on any atom is -0.417 e. The Kier molecular flexibility index (Phi) is 2.66. The van der Waals surface area contributed by atoms with Gasteiger partial charge in [-0.2, -0.15) is 10.1 Å². The fraction of sp³-hybridized carbons (Fsp3) is 0.400. The van der Waals surface area contributed by atoms with Crippen LogP contribution in [-0.2, 0) is 13.7 Å². The summed E-state index contributed by atoms with van der Waals surface area (Å²) in [7, 11) is 1.84. The quantitative estimate of drug-likeness (QED) is 0.849. The summed E-state index contributed by atoms with van der Waals surface area (Å²) in [5, 5.41) is 13.0. The van der Waals surface area contributed by atoms with Gasteiger partial charge in [0, 0.05) is 7.05 Å². The summed E-state index contributed by atoms with van der Waals surface area (Å²) in [6.45, 7) is 3.57. The van der Waals surface area contributed by atoms with Gasteiger partial charge in [-0.05, 0) is 13.8 Å². The van der Waals surface area contributed by atoms with Crippen molar-refractivity contribution < 1.29 is 14.3 Å². The lowest BCUT2D eigenvalue weighted by molar-refractivity contribution is 0.276. The molecule has 0 aliphatic rings. The molecule has 2 rings (SSSR count).